The molecule has 3 rings (SSSR count). The quantitative estimate of drug-likeness (QED) is 0.550. The summed E-state index contributed by atoms with van der Waals surface area (Å²) in [5.74, 6) is 0.500. The van der Waals surface area contributed by atoms with E-state index in [9.17, 15) is 4.79 Å². The minimum Gasteiger partial charge on any atom is -0.379 e. The van der Waals surface area contributed by atoms with Crippen LogP contribution in [-0.2, 0) is 9.53 Å². The number of thiocarbonyl (C=S) groups is 1. The van der Waals surface area contributed by atoms with Crippen LogP contribution in [0.1, 0.15) is 0 Å². The van der Waals surface area contributed by atoms with Gasteiger partial charge in [0.25, 0.3) is 0 Å². The second kappa shape index (κ2) is 2.27. The SMILES string of the molecule is CN1C(=O)C2(COC2)C2C(=S)SC21. The van der Waals surface area contributed by atoms with Gasteiger partial charge in [-0.3, -0.25) is 4.79 Å². The summed E-state index contributed by atoms with van der Waals surface area (Å²) in [5, 5.41) is 0.295. The first-order valence-electron chi connectivity index (χ1n) is 4.22. The molecule has 13 heavy (non-hydrogen) atoms. The number of carbonyl (C=O) groups excluding carboxylic acids is 1. The second-order valence-electron chi connectivity index (χ2n) is 3.87. The minimum absolute atomic E-state index is 0.223. The van der Waals surface area contributed by atoms with E-state index in [4.69, 9.17) is 17.0 Å². The first-order chi connectivity index (χ1) is 6.17. The van der Waals surface area contributed by atoms with E-state index < -0.39 is 0 Å². The molecule has 0 radical (unpaired) electrons. The Hall–Kier alpha value is -0.130. The highest BCUT2D eigenvalue weighted by molar-refractivity contribution is 8.25. The fourth-order valence-corrected chi connectivity index (χ4v) is 4.37. The smallest absolute Gasteiger partial charge is 0.234 e. The number of hydrogen-bond donors (Lipinski definition) is 0. The number of amides is 1. The standard InChI is InChI=1S/C8H9NO2S2/c1-9-5-4(6(12)13-5)8(7(9)10)2-11-3-8/h4-5H,2-3H2,1H3. The van der Waals surface area contributed by atoms with Crippen LogP contribution in [0.25, 0.3) is 0 Å². The van der Waals surface area contributed by atoms with Gasteiger partial charge >= 0.3 is 0 Å². The number of carbonyl (C=O) groups is 1. The van der Waals surface area contributed by atoms with Crippen LogP contribution in [0.4, 0.5) is 0 Å². The fourth-order valence-electron chi connectivity index (χ4n) is 2.33. The molecule has 0 bridgehead atoms. The van der Waals surface area contributed by atoms with Gasteiger partial charge in [-0.1, -0.05) is 24.0 Å². The van der Waals surface area contributed by atoms with Crippen molar-refractivity contribution in [2.75, 3.05) is 20.3 Å². The van der Waals surface area contributed by atoms with Crippen molar-refractivity contribution in [3.05, 3.63) is 0 Å². The van der Waals surface area contributed by atoms with Gasteiger partial charge in [0.15, 0.2) is 0 Å². The van der Waals surface area contributed by atoms with Gasteiger partial charge in [0.1, 0.15) is 5.41 Å². The van der Waals surface area contributed by atoms with E-state index in [2.05, 4.69) is 0 Å². The molecule has 2 unspecified atom stereocenters. The predicted octanol–water partition coefficient (Wildman–Crippen LogP) is 0.491. The van der Waals surface area contributed by atoms with Crippen LogP contribution in [0, 0.1) is 11.3 Å². The summed E-state index contributed by atoms with van der Waals surface area (Å²) in [7, 11) is 1.86. The zero-order chi connectivity index (χ0) is 9.22. The Morgan fingerprint density at radius 2 is 2.38 bits per heavy atom. The van der Waals surface area contributed by atoms with Gasteiger partial charge in [0.2, 0.25) is 5.91 Å². The lowest BCUT2D eigenvalue weighted by molar-refractivity contribution is -0.163. The van der Waals surface area contributed by atoms with Crippen LogP contribution in [0.2, 0.25) is 0 Å². The maximum atomic E-state index is 11.9. The molecule has 3 aliphatic rings. The lowest BCUT2D eigenvalue weighted by atomic mass is 9.76. The molecule has 3 saturated heterocycles. The first kappa shape index (κ1) is 8.20. The summed E-state index contributed by atoms with van der Waals surface area (Å²) in [6.07, 6.45) is 0. The Kier molecular flexibility index (Phi) is 1.43. The zero-order valence-electron chi connectivity index (χ0n) is 7.15. The molecule has 0 saturated carbocycles. The summed E-state index contributed by atoms with van der Waals surface area (Å²) in [5.41, 5.74) is -0.262. The monoisotopic (exact) mass is 215 g/mol. The molecular formula is C8H9NO2S2. The molecule has 1 amide bonds. The summed E-state index contributed by atoms with van der Waals surface area (Å²) >= 11 is 6.85. The van der Waals surface area contributed by atoms with E-state index in [-0.39, 0.29) is 17.2 Å². The maximum Gasteiger partial charge on any atom is 0.234 e. The Bertz CT molecular complexity index is 313. The Morgan fingerprint density at radius 1 is 1.69 bits per heavy atom. The highest BCUT2D eigenvalue weighted by Gasteiger charge is 2.68. The van der Waals surface area contributed by atoms with Crippen LogP contribution >= 0.6 is 24.0 Å². The lowest BCUT2D eigenvalue weighted by Gasteiger charge is -2.44. The molecule has 0 aromatic carbocycles. The molecular weight excluding hydrogens is 206 g/mol. The maximum absolute atomic E-state index is 11.9. The molecule has 1 spiro atoms. The van der Waals surface area contributed by atoms with Gasteiger partial charge in [0.05, 0.1) is 22.8 Å². The number of hydrogen-bond acceptors (Lipinski definition) is 4. The average molecular weight is 215 g/mol. The van der Waals surface area contributed by atoms with Crippen LogP contribution in [-0.4, -0.2) is 40.6 Å². The molecule has 3 aliphatic heterocycles. The molecule has 2 atom stereocenters. The molecule has 3 nitrogen and oxygen atoms in total. The van der Waals surface area contributed by atoms with E-state index in [1.54, 1.807) is 11.8 Å². The third-order valence-electron chi connectivity index (χ3n) is 3.22. The van der Waals surface area contributed by atoms with E-state index in [1.165, 1.54) is 0 Å². The minimum atomic E-state index is -0.262. The van der Waals surface area contributed by atoms with Gasteiger partial charge in [-0.25, -0.2) is 0 Å². The van der Waals surface area contributed by atoms with Crippen LogP contribution in [0.15, 0.2) is 0 Å². The number of likely N-dealkylation sites (tertiary alicyclic amines) is 1. The highest BCUT2D eigenvalue weighted by Crippen LogP contribution is 2.58. The van der Waals surface area contributed by atoms with Gasteiger partial charge in [-0.2, -0.15) is 0 Å². The number of fused-ring (bicyclic) bond motifs is 2. The van der Waals surface area contributed by atoms with Crippen molar-refractivity contribution in [2.45, 2.75) is 5.37 Å². The topological polar surface area (TPSA) is 29.5 Å². The zero-order valence-corrected chi connectivity index (χ0v) is 8.78. The fraction of sp³-hybridized carbons (Fsp3) is 0.750. The molecule has 3 fully saturated rings. The Labute approximate surface area is 85.8 Å². The predicted molar refractivity (Wildman–Crippen MR) is 53.5 cm³/mol. The summed E-state index contributed by atoms with van der Waals surface area (Å²) in [6, 6.07) is 0. The van der Waals surface area contributed by atoms with Crippen molar-refractivity contribution in [3.8, 4) is 0 Å². The second-order valence-corrected chi connectivity index (χ2v) is 5.73. The van der Waals surface area contributed by atoms with Crippen molar-refractivity contribution < 1.29 is 9.53 Å². The summed E-state index contributed by atoms with van der Waals surface area (Å²) in [4.78, 5) is 13.7. The number of rotatable bonds is 0. The molecule has 0 aliphatic carbocycles. The van der Waals surface area contributed by atoms with Crippen molar-refractivity contribution in [3.63, 3.8) is 0 Å². The average Bonchev–Trinajstić information content (AvgIpc) is 2.20. The van der Waals surface area contributed by atoms with Crippen LogP contribution < -0.4 is 0 Å². The number of thioether (sulfide) groups is 1. The normalized spacial score (nSPS) is 40.2. The van der Waals surface area contributed by atoms with Gasteiger partial charge in [-0.05, 0) is 0 Å². The lowest BCUT2D eigenvalue weighted by Crippen LogP contribution is -2.55. The van der Waals surface area contributed by atoms with Crippen molar-refractivity contribution in [1.82, 2.24) is 4.90 Å². The van der Waals surface area contributed by atoms with Crippen molar-refractivity contribution in [1.29, 1.82) is 0 Å². The van der Waals surface area contributed by atoms with E-state index in [0.717, 1.165) is 4.20 Å². The van der Waals surface area contributed by atoms with Crippen molar-refractivity contribution in [2.24, 2.45) is 11.3 Å². The van der Waals surface area contributed by atoms with E-state index in [1.807, 2.05) is 11.9 Å². The molecule has 70 valence electrons. The van der Waals surface area contributed by atoms with E-state index in [0.29, 0.717) is 18.6 Å². The molecule has 0 aromatic rings. The number of nitrogens with zero attached hydrogens (tertiary/aromatic N) is 1. The third-order valence-corrected chi connectivity index (χ3v) is 5.08. The molecule has 3 heterocycles. The largest absolute Gasteiger partial charge is 0.379 e. The van der Waals surface area contributed by atoms with Crippen LogP contribution in [0.3, 0.4) is 0 Å². The van der Waals surface area contributed by atoms with Gasteiger partial charge < -0.3 is 9.64 Å². The molecule has 0 aromatic heterocycles. The first-order valence-corrected chi connectivity index (χ1v) is 5.51. The van der Waals surface area contributed by atoms with Crippen molar-refractivity contribution >= 4 is 34.1 Å². The van der Waals surface area contributed by atoms with Gasteiger partial charge in [0, 0.05) is 13.0 Å². The van der Waals surface area contributed by atoms with Crippen LogP contribution in [0.5, 0.6) is 0 Å². The van der Waals surface area contributed by atoms with Gasteiger partial charge in [-0.15, -0.1) is 0 Å². The van der Waals surface area contributed by atoms with E-state index >= 15 is 0 Å². The number of ether oxygens (including phenoxy) is 1. The highest BCUT2D eigenvalue weighted by atomic mass is 32.2. The molecule has 0 N–H and O–H groups in total. The summed E-state index contributed by atoms with van der Waals surface area (Å²) < 4.78 is 6.16. The Balaban J connectivity index is 2.02. The Morgan fingerprint density at radius 3 is 2.77 bits per heavy atom. The molecule has 5 heteroatoms. The summed E-state index contributed by atoms with van der Waals surface area (Å²) in [6.45, 7) is 1.14. The third kappa shape index (κ3) is 0.727.